The number of para-hydroxylation sites is 1. The van der Waals surface area contributed by atoms with E-state index in [1.165, 1.54) is 10.6 Å². The standard InChI is InChI=1S/C13H13NS/c1-4-10-12(5-2)15-13-9-7-6-8-11(13)14(10)3/h4-9H,1-2H2,3H3. The molecule has 0 N–H and O–H groups in total. The minimum Gasteiger partial charge on any atom is -0.343 e. The molecule has 0 aromatic heterocycles. The van der Waals surface area contributed by atoms with Crippen LogP contribution in [0.5, 0.6) is 0 Å². The average Bonchev–Trinajstić information content (AvgIpc) is 2.29. The molecule has 2 heteroatoms. The van der Waals surface area contributed by atoms with Crippen LogP contribution in [0, 0.1) is 0 Å². The molecule has 1 heterocycles. The normalized spacial score (nSPS) is 14.9. The Kier molecular flexibility index (Phi) is 2.69. The zero-order valence-electron chi connectivity index (χ0n) is 8.73. The van der Waals surface area contributed by atoms with E-state index in [-0.39, 0.29) is 0 Å². The summed E-state index contributed by atoms with van der Waals surface area (Å²) in [5, 5.41) is 0. The zero-order valence-corrected chi connectivity index (χ0v) is 9.55. The Morgan fingerprint density at radius 3 is 2.60 bits per heavy atom. The first-order valence-corrected chi connectivity index (χ1v) is 5.59. The van der Waals surface area contributed by atoms with Gasteiger partial charge < -0.3 is 4.90 Å². The van der Waals surface area contributed by atoms with Crippen molar-refractivity contribution in [2.45, 2.75) is 4.90 Å². The number of hydrogen-bond donors (Lipinski definition) is 0. The van der Waals surface area contributed by atoms with Gasteiger partial charge in [0.15, 0.2) is 0 Å². The van der Waals surface area contributed by atoms with Gasteiger partial charge in [0.2, 0.25) is 0 Å². The van der Waals surface area contributed by atoms with E-state index in [0.29, 0.717) is 0 Å². The molecule has 0 aliphatic carbocycles. The molecule has 1 nitrogen and oxygen atoms in total. The van der Waals surface area contributed by atoms with Crippen LogP contribution in [0.25, 0.3) is 0 Å². The Morgan fingerprint density at radius 1 is 1.20 bits per heavy atom. The van der Waals surface area contributed by atoms with E-state index < -0.39 is 0 Å². The van der Waals surface area contributed by atoms with Crippen molar-refractivity contribution in [3.8, 4) is 0 Å². The molecule has 0 bridgehead atoms. The minimum absolute atomic E-state index is 1.12. The molecule has 0 atom stereocenters. The van der Waals surface area contributed by atoms with Gasteiger partial charge in [0.25, 0.3) is 0 Å². The maximum atomic E-state index is 3.85. The third-order valence-electron chi connectivity index (χ3n) is 2.44. The third-order valence-corrected chi connectivity index (χ3v) is 3.60. The molecular weight excluding hydrogens is 202 g/mol. The van der Waals surface area contributed by atoms with E-state index in [2.05, 4.69) is 49.4 Å². The van der Waals surface area contributed by atoms with Gasteiger partial charge in [-0.15, -0.1) is 0 Å². The molecule has 0 radical (unpaired) electrons. The fourth-order valence-electron chi connectivity index (χ4n) is 1.67. The van der Waals surface area contributed by atoms with Gasteiger partial charge in [-0.3, -0.25) is 0 Å². The molecular formula is C13H13NS. The van der Waals surface area contributed by atoms with Gasteiger partial charge in [0.05, 0.1) is 11.4 Å². The van der Waals surface area contributed by atoms with Crippen molar-refractivity contribution in [1.82, 2.24) is 0 Å². The lowest BCUT2D eigenvalue weighted by Crippen LogP contribution is -2.19. The summed E-state index contributed by atoms with van der Waals surface area (Å²) in [5.74, 6) is 0. The van der Waals surface area contributed by atoms with Crippen molar-refractivity contribution >= 4 is 17.4 Å². The van der Waals surface area contributed by atoms with E-state index in [1.807, 2.05) is 12.2 Å². The average molecular weight is 215 g/mol. The highest BCUT2D eigenvalue weighted by Crippen LogP contribution is 2.42. The molecule has 0 fully saturated rings. The molecule has 0 spiro atoms. The topological polar surface area (TPSA) is 3.24 Å². The van der Waals surface area contributed by atoms with Crippen LogP contribution < -0.4 is 4.90 Å². The predicted octanol–water partition coefficient (Wildman–Crippen LogP) is 3.81. The molecule has 76 valence electrons. The molecule has 0 unspecified atom stereocenters. The minimum atomic E-state index is 1.12. The zero-order chi connectivity index (χ0) is 10.8. The molecule has 1 aliphatic heterocycles. The molecule has 0 saturated heterocycles. The molecule has 0 saturated carbocycles. The fourth-order valence-corrected chi connectivity index (χ4v) is 2.77. The van der Waals surface area contributed by atoms with Gasteiger partial charge >= 0.3 is 0 Å². The van der Waals surface area contributed by atoms with Gasteiger partial charge in [-0.2, -0.15) is 0 Å². The van der Waals surface area contributed by atoms with E-state index in [0.717, 1.165) is 10.6 Å². The molecule has 1 aromatic rings. The summed E-state index contributed by atoms with van der Waals surface area (Å²) >= 11 is 1.74. The number of benzene rings is 1. The van der Waals surface area contributed by atoms with Crippen LogP contribution in [-0.2, 0) is 0 Å². The number of rotatable bonds is 2. The lowest BCUT2D eigenvalue weighted by atomic mass is 10.2. The first kappa shape index (κ1) is 10.1. The highest BCUT2D eigenvalue weighted by molar-refractivity contribution is 8.03. The second kappa shape index (κ2) is 3.99. The van der Waals surface area contributed by atoms with Gasteiger partial charge in [-0.05, 0) is 18.2 Å². The Labute approximate surface area is 94.8 Å². The van der Waals surface area contributed by atoms with Crippen molar-refractivity contribution < 1.29 is 0 Å². The van der Waals surface area contributed by atoms with Crippen LogP contribution in [0.3, 0.4) is 0 Å². The maximum absolute atomic E-state index is 3.85. The first-order valence-electron chi connectivity index (χ1n) is 4.77. The Bertz CT molecular complexity index is 446. The monoisotopic (exact) mass is 215 g/mol. The molecule has 1 aromatic carbocycles. The maximum Gasteiger partial charge on any atom is 0.0550 e. The summed E-state index contributed by atoms with van der Waals surface area (Å²) in [6.45, 7) is 7.68. The van der Waals surface area contributed by atoms with Crippen LogP contribution >= 0.6 is 11.8 Å². The van der Waals surface area contributed by atoms with E-state index in [4.69, 9.17) is 0 Å². The van der Waals surface area contributed by atoms with Crippen LogP contribution in [-0.4, -0.2) is 7.05 Å². The Hall–Kier alpha value is -1.41. The number of allylic oxidation sites excluding steroid dienone is 2. The highest BCUT2D eigenvalue weighted by atomic mass is 32.2. The second-order valence-corrected chi connectivity index (χ2v) is 4.37. The van der Waals surface area contributed by atoms with Gasteiger partial charge in [-0.25, -0.2) is 0 Å². The third kappa shape index (κ3) is 1.61. The lowest BCUT2D eigenvalue weighted by molar-refractivity contribution is 1.09. The van der Waals surface area contributed by atoms with Gasteiger partial charge in [0, 0.05) is 16.8 Å². The number of nitrogens with zero attached hydrogens (tertiary/aromatic N) is 1. The highest BCUT2D eigenvalue weighted by Gasteiger charge is 2.19. The van der Waals surface area contributed by atoms with Crippen LogP contribution in [0.15, 0.2) is 65.1 Å². The summed E-state index contributed by atoms with van der Waals surface area (Å²) in [6.07, 6.45) is 3.76. The smallest absolute Gasteiger partial charge is 0.0550 e. The van der Waals surface area contributed by atoms with E-state index in [1.54, 1.807) is 11.8 Å². The Morgan fingerprint density at radius 2 is 1.93 bits per heavy atom. The van der Waals surface area contributed by atoms with Crippen LogP contribution in [0.2, 0.25) is 0 Å². The molecule has 15 heavy (non-hydrogen) atoms. The summed E-state index contributed by atoms with van der Waals surface area (Å²) in [4.78, 5) is 4.57. The number of thioether (sulfide) groups is 1. The van der Waals surface area contributed by atoms with E-state index >= 15 is 0 Å². The van der Waals surface area contributed by atoms with Gasteiger partial charge in [0.1, 0.15) is 0 Å². The summed E-state index contributed by atoms with van der Waals surface area (Å²) in [5.41, 5.74) is 2.34. The molecule has 2 rings (SSSR count). The predicted molar refractivity (Wildman–Crippen MR) is 68.1 cm³/mol. The van der Waals surface area contributed by atoms with Crippen molar-refractivity contribution in [2.75, 3.05) is 11.9 Å². The van der Waals surface area contributed by atoms with Crippen molar-refractivity contribution in [3.63, 3.8) is 0 Å². The van der Waals surface area contributed by atoms with Gasteiger partial charge in [-0.1, -0.05) is 43.1 Å². The lowest BCUT2D eigenvalue weighted by Gasteiger charge is -2.29. The van der Waals surface area contributed by atoms with Crippen LogP contribution in [0.1, 0.15) is 0 Å². The number of anilines is 1. The SMILES string of the molecule is C=CC1=C(C=C)N(C)c2ccccc2S1. The van der Waals surface area contributed by atoms with Crippen molar-refractivity contribution in [3.05, 3.63) is 60.2 Å². The fraction of sp³-hybridized carbons (Fsp3) is 0.0769. The number of likely N-dealkylation sites (N-methyl/N-ethyl adjacent to an activating group) is 1. The number of hydrogen-bond acceptors (Lipinski definition) is 2. The summed E-state index contributed by atoms with van der Waals surface area (Å²) < 4.78 is 0. The van der Waals surface area contributed by atoms with Crippen LogP contribution in [0.4, 0.5) is 5.69 Å². The second-order valence-electron chi connectivity index (χ2n) is 3.29. The van der Waals surface area contributed by atoms with E-state index in [9.17, 15) is 0 Å². The summed E-state index contributed by atoms with van der Waals surface area (Å²) in [7, 11) is 2.05. The Balaban J connectivity index is 2.56. The largest absolute Gasteiger partial charge is 0.343 e. The van der Waals surface area contributed by atoms with Crippen molar-refractivity contribution in [2.24, 2.45) is 0 Å². The summed E-state index contributed by atoms with van der Waals surface area (Å²) in [6, 6.07) is 8.35. The quantitative estimate of drug-likeness (QED) is 0.738. The number of fused-ring (bicyclic) bond motifs is 1. The molecule has 1 aliphatic rings. The molecule has 0 amide bonds. The van der Waals surface area contributed by atoms with Crippen molar-refractivity contribution in [1.29, 1.82) is 0 Å². The first-order chi connectivity index (χ1) is 7.27.